The molecule has 0 spiro atoms. The minimum absolute atomic E-state index is 0.0686. The fourth-order valence-electron chi connectivity index (χ4n) is 1.78. The Hall–Kier alpha value is -1.25. The van der Waals surface area contributed by atoms with Gasteiger partial charge in [-0.05, 0) is 37.1 Å². The number of benzene rings is 1. The first kappa shape index (κ1) is 13.2. The third-order valence-corrected chi connectivity index (χ3v) is 3.69. The minimum atomic E-state index is 0.0686. The summed E-state index contributed by atoms with van der Waals surface area (Å²) < 4.78 is 0. The summed E-state index contributed by atoms with van der Waals surface area (Å²) in [5.41, 5.74) is 3.13. The van der Waals surface area contributed by atoms with E-state index in [1.165, 1.54) is 0 Å². The molecule has 94 valence electrons. The van der Waals surface area contributed by atoms with Gasteiger partial charge in [-0.25, -0.2) is 0 Å². The van der Waals surface area contributed by atoms with Crippen molar-refractivity contribution < 1.29 is 0 Å². The van der Waals surface area contributed by atoms with E-state index in [0.29, 0.717) is 10.0 Å². The predicted molar refractivity (Wildman–Crippen MR) is 77.5 cm³/mol. The van der Waals surface area contributed by atoms with Crippen molar-refractivity contribution in [3.63, 3.8) is 0 Å². The average molecular weight is 281 g/mol. The number of halogens is 2. The van der Waals surface area contributed by atoms with Crippen molar-refractivity contribution in [1.82, 2.24) is 4.98 Å². The number of hydrogen-bond acceptors (Lipinski definition) is 2. The highest BCUT2D eigenvalue weighted by atomic mass is 35.5. The maximum atomic E-state index is 6.21. The average Bonchev–Trinajstić information content (AvgIpc) is 2.35. The van der Waals surface area contributed by atoms with E-state index in [1.54, 1.807) is 12.3 Å². The van der Waals surface area contributed by atoms with E-state index in [0.717, 1.165) is 16.8 Å². The van der Waals surface area contributed by atoms with Gasteiger partial charge in [-0.2, -0.15) is 0 Å². The molecule has 0 aliphatic carbocycles. The topological polar surface area (TPSA) is 24.9 Å². The van der Waals surface area contributed by atoms with Crippen LogP contribution in [0.5, 0.6) is 0 Å². The van der Waals surface area contributed by atoms with Crippen molar-refractivity contribution in [1.29, 1.82) is 0 Å². The molecule has 1 atom stereocenters. The zero-order valence-corrected chi connectivity index (χ0v) is 11.8. The zero-order valence-electron chi connectivity index (χ0n) is 10.2. The van der Waals surface area contributed by atoms with Gasteiger partial charge in [0, 0.05) is 6.20 Å². The van der Waals surface area contributed by atoms with Crippen molar-refractivity contribution in [3.8, 4) is 0 Å². The first-order valence-corrected chi connectivity index (χ1v) is 6.46. The van der Waals surface area contributed by atoms with E-state index < -0.39 is 0 Å². The van der Waals surface area contributed by atoms with Gasteiger partial charge in [-0.15, -0.1) is 0 Å². The molecule has 0 fully saturated rings. The maximum absolute atomic E-state index is 6.21. The quantitative estimate of drug-likeness (QED) is 0.868. The van der Waals surface area contributed by atoms with Crippen LogP contribution in [-0.2, 0) is 0 Å². The van der Waals surface area contributed by atoms with Crippen LogP contribution >= 0.6 is 23.2 Å². The van der Waals surface area contributed by atoms with Crippen molar-refractivity contribution >= 4 is 28.9 Å². The van der Waals surface area contributed by atoms with Gasteiger partial charge in [-0.1, -0.05) is 35.3 Å². The molecule has 1 N–H and O–H groups in total. The molecule has 4 heteroatoms. The molecule has 0 bridgehead atoms. The highest BCUT2D eigenvalue weighted by Crippen LogP contribution is 2.31. The molecule has 0 aliphatic heterocycles. The molecule has 1 aromatic carbocycles. The number of pyridine rings is 1. The Bertz CT molecular complexity index is 555. The van der Waals surface area contributed by atoms with Crippen LogP contribution in [0.2, 0.25) is 10.0 Å². The van der Waals surface area contributed by atoms with E-state index in [-0.39, 0.29) is 6.04 Å². The summed E-state index contributed by atoms with van der Waals surface area (Å²) in [6.07, 6.45) is 3.59. The zero-order chi connectivity index (χ0) is 13.1. The predicted octanol–water partition coefficient (Wildman–Crippen LogP) is 4.87. The Morgan fingerprint density at radius 2 is 2.00 bits per heavy atom. The van der Waals surface area contributed by atoms with Crippen LogP contribution in [0.3, 0.4) is 0 Å². The van der Waals surface area contributed by atoms with E-state index in [4.69, 9.17) is 23.2 Å². The Morgan fingerprint density at radius 1 is 1.22 bits per heavy atom. The van der Waals surface area contributed by atoms with Gasteiger partial charge < -0.3 is 5.32 Å². The lowest BCUT2D eigenvalue weighted by molar-refractivity contribution is 0.881. The number of nitrogens with zero attached hydrogens (tertiary/aromatic N) is 1. The second kappa shape index (κ2) is 5.59. The lowest BCUT2D eigenvalue weighted by Crippen LogP contribution is -2.08. The molecule has 2 aromatic rings. The van der Waals surface area contributed by atoms with Crippen LogP contribution in [0, 0.1) is 6.92 Å². The van der Waals surface area contributed by atoms with Crippen molar-refractivity contribution in [2.45, 2.75) is 19.9 Å². The second-order valence-corrected chi connectivity index (χ2v) is 4.98. The number of anilines is 1. The number of hydrogen-bond donors (Lipinski definition) is 1. The third kappa shape index (κ3) is 2.77. The molecule has 0 amide bonds. The van der Waals surface area contributed by atoms with Gasteiger partial charge in [0.15, 0.2) is 0 Å². The molecule has 18 heavy (non-hydrogen) atoms. The molecule has 0 saturated carbocycles. The second-order valence-electron chi connectivity index (χ2n) is 4.20. The van der Waals surface area contributed by atoms with Crippen LogP contribution < -0.4 is 5.32 Å². The summed E-state index contributed by atoms with van der Waals surface area (Å²) in [5.74, 6) is 0. The number of aryl methyl sites for hydroxylation is 1. The lowest BCUT2D eigenvalue weighted by atomic mass is 10.1. The molecule has 0 aliphatic rings. The summed E-state index contributed by atoms with van der Waals surface area (Å²) in [6.45, 7) is 4.08. The standard InChI is InChI=1S/C14H14Cl2N2/c1-9-6-7-17-8-13(9)18-10(2)11-4-3-5-12(15)14(11)16/h3-8,10,18H,1-2H3. The van der Waals surface area contributed by atoms with Crippen molar-refractivity contribution in [2.24, 2.45) is 0 Å². The largest absolute Gasteiger partial charge is 0.377 e. The SMILES string of the molecule is Cc1ccncc1NC(C)c1cccc(Cl)c1Cl. The van der Waals surface area contributed by atoms with Crippen LogP contribution in [0.1, 0.15) is 24.1 Å². The van der Waals surface area contributed by atoms with E-state index in [2.05, 4.69) is 10.3 Å². The number of aromatic nitrogens is 1. The van der Waals surface area contributed by atoms with Crippen LogP contribution in [0.25, 0.3) is 0 Å². The summed E-state index contributed by atoms with van der Waals surface area (Å²) in [4.78, 5) is 4.11. The molecule has 1 aromatic heterocycles. The molecular formula is C14H14Cl2N2. The fourth-order valence-corrected chi connectivity index (χ4v) is 2.25. The highest BCUT2D eigenvalue weighted by molar-refractivity contribution is 6.42. The Labute approximate surface area is 117 Å². The summed E-state index contributed by atoms with van der Waals surface area (Å²) in [6, 6.07) is 7.69. The van der Waals surface area contributed by atoms with Crippen LogP contribution in [-0.4, -0.2) is 4.98 Å². The Kier molecular flexibility index (Phi) is 4.10. The monoisotopic (exact) mass is 280 g/mol. The normalized spacial score (nSPS) is 12.2. The number of nitrogens with one attached hydrogen (secondary N) is 1. The molecular weight excluding hydrogens is 267 g/mol. The molecule has 2 rings (SSSR count). The molecule has 2 nitrogen and oxygen atoms in total. The van der Waals surface area contributed by atoms with Crippen molar-refractivity contribution in [2.75, 3.05) is 5.32 Å². The Balaban J connectivity index is 2.25. The number of rotatable bonds is 3. The summed E-state index contributed by atoms with van der Waals surface area (Å²) in [7, 11) is 0. The van der Waals surface area contributed by atoms with Gasteiger partial charge in [0.1, 0.15) is 0 Å². The van der Waals surface area contributed by atoms with Crippen molar-refractivity contribution in [3.05, 3.63) is 57.8 Å². The molecule has 0 radical (unpaired) electrons. The smallest absolute Gasteiger partial charge is 0.0644 e. The fraction of sp³-hybridized carbons (Fsp3) is 0.214. The third-order valence-electron chi connectivity index (χ3n) is 2.86. The van der Waals surface area contributed by atoms with Gasteiger partial charge >= 0.3 is 0 Å². The summed E-state index contributed by atoms with van der Waals surface area (Å²) >= 11 is 12.2. The lowest BCUT2D eigenvalue weighted by Gasteiger charge is -2.18. The Morgan fingerprint density at radius 3 is 2.72 bits per heavy atom. The van der Waals surface area contributed by atoms with E-state index in [9.17, 15) is 0 Å². The maximum Gasteiger partial charge on any atom is 0.0644 e. The molecule has 1 heterocycles. The van der Waals surface area contributed by atoms with Crippen LogP contribution in [0.4, 0.5) is 5.69 Å². The van der Waals surface area contributed by atoms with E-state index >= 15 is 0 Å². The first-order valence-electron chi connectivity index (χ1n) is 5.70. The molecule has 1 unspecified atom stereocenters. The highest BCUT2D eigenvalue weighted by Gasteiger charge is 2.12. The van der Waals surface area contributed by atoms with Gasteiger partial charge in [0.2, 0.25) is 0 Å². The molecule has 0 saturated heterocycles. The van der Waals surface area contributed by atoms with Gasteiger partial charge in [0.25, 0.3) is 0 Å². The first-order chi connectivity index (χ1) is 8.59. The van der Waals surface area contributed by atoms with Crippen LogP contribution in [0.15, 0.2) is 36.7 Å². The minimum Gasteiger partial charge on any atom is -0.377 e. The van der Waals surface area contributed by atoms with Gasteiger partial charge in [0.05, 0.1) is 28.0 Å². The van der Waals surface area contributed by atoms with Gasteiger partial charge in [-0.3, -0.25) is 4.98 Å². The summed E-state index contributed by atoms with van der Waals surface area (Å²) in [5, 5.41) is 4.56. The van der Waals surface area contributed by atoms with E-state index in [1.807, 2.05) is 38.2 Å².